The van der Waals surface area contributed by atoms with Crippen LogP contribution in [0.15, 0.2) is 11.4 Å². The van der Waals surface area contributed by atoms with Crippen LogP contribution < -0.4 is 4.74 Å². The van der Waals surface area contributed by atoms with Crippen molar-refractivity contribution in [2.75, 3.05) is 19.8 Å². The highest BCUT2D eigenvalue weighted by atomic mass is 32.1. The van der Waals surface area contributed by atoms with Gasteiger partial charge >= 0.3 is 5.97 Å². The van der Waals surface area contributed by atoms with Gasteiger partial charge in [0.2, 0.25) is 0 Å². The summed E-state index contributed by atoms with van der Waals surface area (Å²) in [6, 6.07) is 1.60. The largest absolute Gasteiger partial charge is 0.489 e. The summed E-state index contributed by atoms with van der Waals surface area (Å²) in [5.41, 5.74) is -0.104. The van der Waals surface area contributed by atoms with E-state index in [0.717, 1.165) is 38.9 Å². The van der Waals surface area contributed by atoms with E-state index in [1.807, 2.05) is 0 Å². The average Bonchev–Trinajstić information content (AvgIpc) is 2.88. The molecular formula is C14H18O5S. The Balaban J connectivity index is 1.63. The molecule has 6 heteroatoms. The highest BCUT2D eigenvalue weighted by Crippen LogP contribution is 2.36. The minimum atomic E-state index is -0.905. The van der Waals surface area contributed by atoms with E-state index in [1.54, 1.807) is 11.4 Å². The smallest absolute Gasteiger partial charge is 0.346 e. The average molecular weight is 298 g/mol. The highest BCUT2D eigenvalue weighted by Gasteiger charge is 2.39. The first-order valence-corrected chi connectivity index (χ1v) is 7.75. The van der Waals surface area contributed by atoms with Crippen molar-refractivity contribution in [2.24, 2.45) is 0 Å². The predicted octanol–water partition coefficient (Wildman–Crippen LogP) is 2.55. The van der Waals surface area contributed by atoms with Crippen LogP contribution >= 0.6 is 11.3 Å². The van der Waals surface area contributed by atoms with Crippen molar-refractivity contribution >= 4 is 17.3 Å². The summed E-state index contributed by atoms with van der Waals surface area (Å²) >= 11 is 1.20. The van der Waals surface area contributed by atoms with E-state index in [4.69, 9.17) is 19.3 Å². The molecule has 0 bridgehead atoms. The molecule has 0 radical (unpaired) electrons. The number of carboxylic acids is 1. The molecule has 3 heterocycles. The van der Waals surface area contributed by atoms with Gasteiger partial charge in [0, 0.05) is 37.5 Å². The molecule has 0 amide bonds. The summed E-state index contributed by atoms with van der Waals surface area (Å²) in [6.07, 6.45) is 3.63. The molecule has 0 aliphatic carbocycles. The molecule has 1 atom stereocenters. The van der Waals surface area contributed by atoms with E-state index in [9.17, 15) is 4.79 Å². The van der Waals surface area contributed by atoms with Crippen molar-refractivity contribution in [2.45, 2.75) is 37.4 Å². The predicted molar refractivity (Wildman–Crippen MR) is 73.7 cm³/mol. The van der Waals surface area contributed by atoms with E-state index in [2.05, 4.69) is 0 Å². The summed E-state index contributed by atoms with van der Waals surface area (Å²) in [4.78, 5) is 11.2. The molecule has 110 valence electrons. The number of aromatic carboxylic acids is 1. The van der Waals surface area contributed by atoms with Crippen LogP contribution in [-0.4, -0.2) is 42.6 Å². The fraction of sp³-hybridized carbons (Fsp3) is 0.643. The number of carboxylic acid groups (broad SMARTS) is 1. The maximum atomic E-state index is 10.9. The Morgan fingerprint density at radius 3 is 2.90 bits per heavy atom. The SMILES string of the molecule is O=C(O)c1cc(OC2CCOC3(CCOCC3)C2)cs1. The van der Waals surface area contributed by atoms with Gasteiger partial charge in [-0.2, -0.15) is 0 Å². The van der Waals surface area contributed by atoms with Crippen LogP contribution in [0.5, 0.6) is 5.75 Å². The number of rotatable bonds is 3. The maximum Gasteiger partial charge on any atom is 0.346 e. The van der Waals surface area contributed by atoms with Gasteiger partial charge in [-0.3, -0.25) is 0 Å². The first-order chi connectivity index (χ1) is 9.67. The molecular weight excluding hydrogens is 280 g/mol. The number of hydrogen-bond acceptors (Lipinski definition) is 5. The van der Waals surface area contributed by atoms with Crippen LogP contribution in [0.25, 0.3) is 0 Å². The monoisotopic (exact) mass is 298 g/mol. The van der Waals surface area contributed by atoms with E-state index in [1.165, 1.54) is 11.3 Å². The quantitative estimate of drug-likeness (QED) is 0.929. The fourth-order valence-electron chi connectivity index (χ4n) is 2.86. The van der Waals surface area contributed by atoms with E-state index in [-0.39, 0.29) is 11.7 Å². The molecule has 5 nitrogen and oxygen atoms in total. The molecule has 1 N–H and O–H groups in total. The molecule has 1 aromatic rings. The zero-order valence-electron chi connectivity index (χ0n) is 11.2. The number of carbonyl (C=O) groups is 1. The third-order valence-electron chi connectivity index (χ3n) is 3.94. The summed E-state index contributed by atoms with van der Waals surface area (Å²) in [7, 11) is 0. The van der Waals surface area contributed by atoms with E-state index >= 15 is 0 Å². The van der Waals surface area contributed by atoms with Gasteiger partial charge in [-0.05, 0) is 12.8 Å². The van der Waals surface area contributed by atoms with Crippen LogP contribution in [0.3, 0.4) is 0 Å². The minimum Gasteiger partial charge on any atom is -0.489 e. The van der Waals surface area contributed by atoms with Gasteiger partial charge in [-0.1, -0.05) is 0 Å². The fourth-order valence-corrected chi connectivity index (χ4v) is 3.51. The molecule has 2 aliphatic heterocycles. The van der Waals surface area contributed by atoms with Gasteiger partial charge in [0.15, 0.2) is 0 Å². The van der Waals surface area contributed by atoms with Crippen molar-refractivity contribution in [1.82, 2.24) is 0 Å². The highest BCUT2D eigenvalue weighted by molar-refractivity contribution is 7.12. The zero-order chi connectivity index (χ0) is 14.0. The molecule has 1 unspecified atom stereocenters. The third kappa shape index (κ3) is 2.97. The second kappa shape index (κ2) is 5.71. The van der Waals surface area contributed by atoms with Crippen LogP contribution in [-0.2, 0) is 9.47 Å². The van der Waals surface area contributed by atoms with Gasteiger partial charge < -0.3 is 19.3 Å². The van der Waals surface area contributed by atoms with Gasteiger partial charge in [-0.15, -0.1) is 11.3 Å². The summed E-state index contributed by atoms with van der Waals surface area (Å²) < 4.78 is 17.3. The van der Waals surface area contributed by atoms with Crippen molar-refractivity contribution < 1.29 is 24.1 Å². The summed E-state index contributed by atoms with van der Waals surface area (Å²) in [6.45, 7) is 2.18. The van der Waals surface area contributed by atoms with Gasteiger partial charge in [0.1, 0.15) is 16.7 Å². The number of thiophene rings is 1. The Bertz CT molecular complexity index is 472. The lowest BCUT2D eigenvalue weighted by atomic mass is 9.85. The number of ether oxygens (including phenoxy) is 3. The van der Waals surface area contributed by atoms with Gasteiger partial charge in [0.25, 0.3) is 0 Å². The van der Waals surface area contributed by atoms with Crippen molar-refractivity contribution in [3.8, 4) is 5.75 Å². The molecule has 1 spiro atoms. The molecule has 20 heavy (non-hydrogen) atoms. The Labute approximate surface area is 121 Å². The molecule has 2 fully saturated rings. The van der Waals surface area contributed by atoms with E-state index < -0.39 is 5.97 Å². The number of hydrogen-bond donors (Lipinski definition) is 1. The molecule has 2 aliphatic rings. The van der Waals surface area contributed by atoms with Crippen LogP contribution in [0, 0.1) is 0 Å². The normalized spacial score (nSPS) is 25.5. The molecule has 2 saturated heterocycles. The standard InChI is InChI=1S/C14H18O5S/c15-13(16)12-7-11(9-20-12)19-10-1-4-18-14(8-10)2-5-17-6-3-14/h7,9-10H,1-6,8H2,(H,15,16). The Morgan fingerprint density at radius 1 is 1.40 bits per heavy atom. The van der Waals surface area contributed by atoms with Gasteiger partial charge in [-0.25, -0.2) is 4.79 Å². The Morgan fingerprint density at radius 2 is 2.20 bits per heavy atom. The summed E-state index contributed by atoms with van der Waals surface area (Å²) in [5.74, 6) is -0.251. The molecule has 3 rings (SSSR count). The van der Waals surface area contributed by atoms with Gasteiger partial charge in [0.05, 0.1) is 12.2 Å². The lowest BCUT2D eigenvalue weighted by molar-refractivity contribution is -0.155. The van der Waals surface area contributed by atoms with E-state index in [0.29, 0.717) is 17.2 Å². The van der Waals surface area contributed by atoms with Crippen molar-refractivity contribution in [1.29, 1.82) is 0 Å². The Kier molecular flexibility index (Phi) is 3.96. The lowest BCUT2D eigenvalue weighted by Crippen LogP contribution is -2.47. The summed E-state index contributed by atoms with van der Waals surface area (Å²) in [5, 5.41) is 10.7. The lowest BCUT2D eigenvalue weighted by Gasteiger charge is -2.43. The van der Waals surface area contributed by atoms with Crippen molar-refractivity contribution in [3.05, 3.63) is 16.3 Å². The minimum absolute atomic E-state index is 0.0955. The topological polar surface area (TPSA) is 65.0 Å². The molecule has 1 aromatic heterocycles. The van der Waals surface area contributed by atoms with Crippen molar-refractivity contribution in [3.63, 3.8) is 0 Å². The first kappa shape index (κ1) is 13.9. The zero-order valence-corrected chi connectivity index (χ0v) is 12.0. The molecule has 0 saturated carbocycles. The molecule has 0 aromatic carbocycles. The second-order valence-corrected chi connectivity index (χ2v) is 6.24. The van der Waals surface area contributed by atoms with Crippen LogP contribution in [0.2, 0.25) is 0 Å². The third-order valence-corrected chi connectivity index (χ3v) is 4.84. The van der Waals surface area contributed by atoms with Crippen LogP contribution in [0.1, 0.15) is 35.4 Å². The maximum absolute atomic E-state index is 10.9. The van der Waals surface area contributed by atoms with Crippen LogP contribution in [0.4, 0.5) is 0 Å². The second-order valence-electron chi connectivity index (χ2n) is 5.33. The first-order valence-electron chi connectivity index (χ1n) is 6.87. The Hall–Kier alpha value is -1.11.